The molecule has 2 aromatic heterocycles. The highest BCUT2D eigenvalue weighted by Crippen LogP contribution is 2.24. The van der Waals surface area contributed by atoms with Gasteiger partial charge in [-0.2, -0.15) is 4.98 Å². The number of aromatic nitrogens is 3. The van der Waals surface area contributed by atoms with Gasteiger partial charge in [0.15, 0.2) is 0 Å². The van der Waals surface area contributed by atoms with Crippen LogP contribution < -0.4 is 5.32 Å². The number of β-amino-alcohol motifs (C(OH)–C–C–N with tert-alkyl or cyclic N) is 1. The molecule has 0 aliphatic carbocycles. The van der Waals surface area contributed by atoms with Crippen molar-refractivity contribution in [3.8, 4) is 11.4 Å². The van der Waals surface area contributed by atoms with Gasteiger partial charge in [-0.3, -0.25) is 4.98 Å². The second kappa shape index (κ2) is 4.23. The summed E-state index contributed by atoms with van der Waals surface area (Å²) in [4.78, 5) is 8.25. The van der Waals surface area contributed by atoms with Gasteiger partial charge in [0.05, 0.1) is 12.1 Å². The predicted octanol–water partition coefficient (Wildman–Crippen LogP) is 0.527. The molecule has 0 amide bonds. The Labute approximate surface area is 97.7 Å². The first kappa shape index (κ1) is 10.4. The third-order valence-corrected chi connectivity index (χ3v) is 2.79. The molecule has 0 saturated carbocycles. The summed E-state index contributed by atoms with van der Waals surface area (Å²) in [7, 11) is 0. The smallest absolute Gasteiger partial charge is 0.244 e. The van der Waals surface area contributed by atoms with Crippen LogP contribution in [0.2, 0.25) is 0 Å². The average Bonchev–Trinajstić information content (AvgIpc) is 2.98. The van der Waals surface area contributed by atoms with E-state index in [-0.39, 0.29) is 12.1 Å². The Balaban J connectivity index is 1.84. The van der Waals surface area contributed by atoms with Crippen molar-refractivity contribution < 1.29 is 9.63 Å². The van der Waals surface area contributed by atoms with Crippen LogP contribution in [0.3, 0.4) is 0 Å². The van der Waals surface area contributed by atoms with E-state index in [1.165, 1.54) is 0 Å². The van der Waals surface area contributed by atoms with Crippen LogP contribution in [-0.4, -0.2) is 32.9 Å². The Bertz CT molecular complexity index is 499. The molecular weight excluding hydrogens is 220 g/mol. The lowest BCUT2D eigenvalue weighted by Gasteiger charge is -2.01. The highest BCUT2D eigenvalue weighted by molar-refractivity contribution is 5.52. The number of hydrogen-bond acceptors (Lipinski definition) is 6. The van der Waals surface area contributed by atoms with Crippen LogP contribution >= 0.6 is 0 Å². The summed E-state index contributed by atoms with van der Waals surface area (Å²) in [5.41, 5.74) is 0.869. The van der Waals surface area contributed by atoms with Gasteiger partial charge in [-0.05, 0) is 18.6 Å². The summed E-state index contributed by atoms with van der Waals surface area (Å²) in [6.07, 6.45) is 3.64. The van der Waals surface area contributed by atoms with Crippen LogP contribution in [0.15, 0.2) is 29.0 Å². The van der Waals surface area contributed by atoms with Crippen molar-refractivity contribution >= 4 is 0 Å². The number of aliphatic hydroxyl groups excluding tert-OH is 1. The highest BCUT2D eigenvalue weighted by Gasteiger charge is 2.28. The van der Waals surface area contributed by atoms with E-state index in [4.69, 9.17) is 4.52 Å². The summed E-state index contributed by atoms with van der Waals surface area (Å²) in [6, 6.07) is 3.60. The molecule has 0 spiro atoms. The summed E-state index contributed by atoms with van der Waals surface area (Å²) >= 11 is 0. The second-order valence-corrected chi connectivity index (χ2v) is 4.04. The molecule has 0 bridgehead atoms. The van der Waals surface area contributed by atoms with Crippen molar-refractivity contribution in [1.82, 2.24) is 20.4 Å². The third-order valence-electron chi connectivity index (χ3n) is 2.79. The van der Waals surface area contributed by atoms with Crippen molar-refractivity contribution in [2.75, 3.05) is 6.54 Å². The van der Waals surface area contributed by atoms with E-state index in [2.05, 4.69) is 20.4 Å². The molecule has 2 unspecified atom stereocenters. The molecule has 0 radical (unpaired) electrons. The minimum absolute atomic E-state index is 0.0481. The largest absolute Gasteiger partial charge is 0.392 e. The molecule has 0 aromatic carbocycles. The zero-order chi connectivity index (χ0) is 11.7. The van der Waals surface area contributed by atoms with Gasteiger partial charge in [0, 0.05) is 24.5 Å². The lowest BCUT2D eigenvalue weighted by Crippen LogP contribution is -2.15. The second-order valence-electron chi connectivity index (χ2n) is 4.04. The molecule has 2 N–H and O–H groups in total. The Morgan fingerprint density at radius 2 is 2.18 bits per heavy atom. The zero-order valence-electron chi connectivity index (χ0n) is 9.08. The molecule has 2 atom stereocenters. The number of nitrogens with one attached hydrogen (secondary N) is 1. The van der Waals surface area contributed by atoms with Gasteiger partial charge in [-0.1, -0.05) is 5.16 Å². The fourth-order valence-electron chi connectivity index (χ4n) is 1.90. The van der Waals surface area contributed by atoms with E-state index in [0.717, 1.165) is 5.56 Å². The molecule has 88 valence electrons. The van der Waals surface area contributed by atoms with Gasteiger partial charge in [0.25, 0.3) is 0 Å². The highest BCUT2D eigenvalue weighted by atomic mass is 16.5. The van der Waals surface area contributed by atoms with Crippen molar-refractivity contribution in [2.45, 2.75) is 18.6 Å². The van der Waals surface area contributed by atoms with Crippen LogP contribution in [0.25, 0.3) is 11.4 Å². The molecule has 1 aliphatic rings. The maximum absolute atomic E-state index is 9.42. The standard InChI is InChI=1S/C11H12N4O2/c16-8-5-9(13-6-8)11-14-10(15-17-11)7-1-3-12-4-2-7/h1-4,8-9,13,16H,5-6H2. The summed E-state index contributed by atoms with van der Waals surface area (Å²) in [5, 5.41) is 16.5. The van der Waals surface area contributed by atoms with Gasteiger partial charge < -0.3 is 14.9 Å². The molecule has 1 fully saturated rings. The number of rotatable bonds is 2. The topological polar surface area (TPSA) is 84.1 Å². The van der Waals surface area contributed by atoms with Crippen LogP contribution in [0.5, 0.6) is 0 Å². The molecule has 1 saturated heterocycles. The molecule has 1 aliphatic heterocycles. The number of aliphatic hydroxyl groups is 1. The molecule has 2 aromatic rings. The fraction of sp³-hybridized carbons (Fsp3) is 0.364. The molecular formula is C11H12N4O2. The van der Waals surface area contributed by atoms with Gasteiger partial charge in [-0.15, -0.1) is 0 Å². The maximum Gasteiger partial charge on any atom is 0.244 e. The zero-order valence-corrected chi connectivity index (χ0v) is 9.08. The first-order valence-corrected chi connectivity index (χ1v) is 5.48. The van der Waals surface area contributed by atoms with Gasteiger partial charge in [0.1, 0.15) is 0 Å². The average molecular weight is 232 g/mol. The first-order chi connectivity index (χ1) is 8.33. The van der Waals surface area contributed by atoms with E-state index < -0.39 is 0 Å². The van der Waals surface area contributed by atoms with Crippen LogP contribution in [0.4, 0.5) is 0 Å². The van der Waals surface area contributed by atoms with E-state index in [1.807, 2.05) is 12.1 Å². The van der Waals surface area contributed by atoms with Crippen LogP contribution in [0.1, 0.15) is 18.4 Å². The minimum atomic E-state index is -0.337. The molecule has 3 heterocycles. The van der Waals surface area contributed by atoms with E-state index >= 15 is 0 Å². The Morgan fingerprint density at radius 3 is 2.88 bits per heavy atom. The predicted molar refractivity (Wildman–Crippen MR) is 58.9 cm³/mol. The van der Waals surface area contributed by atoms with Crippen LogP contribution in [-0.2, 0) is 0 Å². The van der Waals surface area contributed by atoms with Crippen molar-refractivity contribution in [2.24, 2.45) is 0 Å². The van der Waals surface area contributed by atoms with Gasteiger partial charge in [-0.25, -0.2) is 0 Å². The monoisotopic (exact) mass is 232 g/mol. The third kappa shape index (κ3) is 2.04. The van der Waals surface area contributed by atoms with E-state index in [9.17, 15) is 5.11 Å². The SMILES string of the molecule is OC1CNC(c2nc(-c3ccncc3)no2)C1. The van der Waals surface area contributed by atoms with Crippen molar-refractivity contribution in [1.29, 1.82) is 0 Å². The molecule has 3 rings (SSSR count). The molecule has 6 heteroatoms. The quantitative estimate of drug-likeness (QED) is 0.785. The molecule has 6 nitrogen and oxygen atoms in total. The van der Waals surface area contributed by atoms with Crippen molar-refractivity contribution in [3.05, 3.63) is 30.4 Å². The lowest BCUT2D eigenvalue weighted by molar-refractivity contribution is 0.191. The maximum atomic E-state index is 9.42. The normalized spacial score (nSPS) is 24.1. The van der Waals surface area contributed by atoms with Crippen LogP contribution in [0, 0.1) is 0 Å². The summed E-state index contributed by atoms with van der Waals surface area (Å²) in [6.45, 7) is 0.567. The van der Waals surface area contributed by atoms with Crippen molar-refractivity contribution in [3.63, 3.8) is 0 Å². The van der Waals surface area contributed by atoms with E-state index in [1.54, 1.807) is 12.4 Å². The fourth-order valence-corrected chi connectivity index (χ4v) is 1.90. The Morgan fingerprint density at radius 1 is 1.35 bits per heavy atom. The number of nitrogens with zero attached hydrogens (tertiary/aromatic N) is 3. The number of pyridine rings is 1. The Hall–Kier alpha value is -1.79. The summed E-state index contributed by atoms with van der Waals surface area (Å²) < 4.78 is 5.20. The summed E-state index contributed by atoms with van der Waals surface area (Å²) in [5.74, 6) is 1.07. The molecule has 17 heavy (non-hydrogen) atoms. The van der Waals surface area contributed by atoms with Gasteiger partial charge in [0.2, 0.25) is 11.7 Å². The lowest BCUT2D eigenvalue weighted by atomic mass is 10.2. The minimum Gasteiger partial charge on any atom is -0.392 e. The number of hydrogen-bond donors (Lipinski definition) is 2. The van der Waals surface area contributed by atoms with E-state index in [0.29, 0.717) is 24.7 Å². The Kier molecular flexibility index (Phi) is 2.58. The van der Waals surface area contributed by atoms with Gasteiger partial charge >= 0.3 is 0 Å². The first-order valence-electron chi connectivity index (χ1n) is 5.48.